The molecule has 0 saturated heterocycles. The highest BCUT2D eigenvalue weighted by Crippen LogP contribution is 2.27. The zero-order valence-corrected chi connectivity index (χ0v) is 9.36. The second-order valence-electron chi connectivity index (χ2n) is 3.29. The summed E-state index contributed by atoms with van der Waals surface area (Å²) in [6, 6.07) is 4.18. The number of alkyl halides is 4. The van der Waals surface area contributed by atoms with Crippen LogP contribution in [0.2, 0.25) is 5.02 Å². The van der Waals surface area contributed by atoms with Gasteiger partial charge in [-0.05, 0) is 24.6 Å². The molecule has 0 unspecified atom stereocenters. The maximum atomic E-state index is 12.7. The van der Waals surface area contributed by atoms with Gasteiger partial charge in [-0.25, -0.2) is 8.78 Å². The number of carbonyl (C=O) groups is 1. The zero-order valence-electron chi connectivity index (χ0n) is 8.61. The monoisotopic (exact) mass is 269 g/mol. The SMILES string of the molecule is Cc1c(Cl)cccc1NC(=O)C(F)(F)C(F)F. The molecule has 0 aromatic heterocycles. The van der Waals surface area contributed by atoms with E-state index in [1.54, 1.807) is 5.32 Å². The van der Waals surface area contributed by atoms with Gasteiger partial charge in [0.2, 0.25) is 0 Å². The average molecular weight is 270 g/mol. The third kappa shape index (κ3) is 2.88. The molecule has 0 aliphatic carbocycles. The molecule has 1 aromatic carbocycles. The Bertz CT molecular complexity index is 436. The second-order valence-corrected chi connectivity index (χ2v) is 3.70. The summed E-state index contributed by atoms with van der Waals surface area (Å²) in [6.45, 7) is 1.47. The molecular weight excluding hydrogens is 262 g/mol. The van der Waals surface area contributed by atoms with Crippen molar-refractivity contribution in [1.29, 1.82) is 0 Å². The minimum Gasteiger partial charge on any atom is -0.320 e. The summed E-state index contributed by atoms with van der Waals surface area (Å²) >= 11 is 5.69. The summed E-state index contributed by atoms with van der Waals surface area (Å²) in [5.41, 5.74) is 0.301. The van der Waals surface area contributed by atoms with E-state index in [1.807, 2.05) is 0 Å². The number of hydrogen-bond acceptors (Lipinski definition) is 1. The first-order valence-electron chi connectivity index (χ1n) is 4.49. The summed E-state index contributed by atoms with van der Waals surface area (Å²) in [5, 5.41) is 1.96. The van der Waals surface area contributed by atoms with Crippen LogP contribution >= 0.6 is 11.6 Å². The fourth-order valence-corrected chi connectivity index (χ4v) is 1.22. The number of rotatable bonds is 3. The van der Waals surface area contributed by atoms with Gasteiger partial charge in [0.25, 0.3) is 0 Å². The molecule has 0 spiro atoms. The first kappa shape index (κ1) is 13.8. The van der Waals surface area contributed by atoms with Gasteiger partial charge in [0.15, 0.2) is 0 Å². The smallest absolute Gasteiger partial charge is 0.320 e. The number of carbonyl (C=O) groups excluding carboxylic acids is 1. The van der Waals surface area contributed by atoms with Crippen LogP contribution in [0.1, 0.15) is 5.56 Å². The molecule has 1 rings (SSSR count). The molecule has 0 radical (unpaired) electrons. The van der Waals surface area contributed by atoms with Gasteiger partial charge in [-0.15, -0.1) is 0 Å². The van der Waals surface area contributed by atoms with Crippen LogP contribution in [0.4, 0.5) is 23.2 Å². The van der Waals surface area contributed by atoms with Crippen molar-refractivity contribution in [2.45, 2.75) is 19.3 Å². The van der Waals surface area contributed by atoms with Crippen LogP contribution in [0, 0.1) is 6.92 Å². The minimum atomic E-state index is -4.73. The zero-order chi connectivity index (χ0) is 13.2. The molecule has 1 aromatic rings. The van der Waals surface area contributed by atoms with Crippen LogP contribution in [0.15, 0.2) is 18.2 Å². The van der Waals surface area contributed by atoms with Gasteiger partial charge in [-0.2, -0.15) is 8.78 Å². The summed E-state index contributed by atoms with van der Waals surface area (Å²) in [4.78, 5) is 11.0. The quantitative estimate of drug-likeness (QED) is 0.836. The molecule has 0 bridgehead atoms. The Kier molecular flexibility index (Phi) is 3.98. The van der Waals surface area contributed by atoms with E-state index in [1.165, 1.54) is 25.1 Å². The number of amides is 1. The molecule has 94 valence electrons. The normalized spacial score (nSPS) is 11.7. The van der Waals surface area contributed by atoms with Gasteiger partial charge >= 0.3 is 18.3 Å². The van der Waals surface area contributed by atoms with Crippen molar-refractivity contribution in [3.8, 4) is 0 Å². The largest absolute Gasteiger partial charge is 0.383 e. The molecule has 2 nitrogen and oxygen atoms in total. The molecule has 1 N–H and O–H groups in total. The van der Waals surface area contributed by atoms with Crippen molar-refractivity contribution in [3.63, 3.8) is 0 Å². The molecule has 0 aliphatic rings. The Balaban J connectivity index is 2.93. The molecule has 0 aliphatic heterocycles. The second kappa shape index (κ2) is 4.91. The number of halogens is 5. The number of hydrogen-bond donors (Lipinski definition) is 1. The Morgan fingerprint density at radius 2 is 2.00 bits per heavy atom. The maximum absolute atomic E-state index is 12.7. The highest BCUT2D eigenvalue weighted by Gasteiger charge is 2.49. The predicted octanol–water partition coefficient (Wildman–Crippen LogP) is 3.49. The van der Waals surface area contributed by atoms with Crippen LogP contribution < -0.4 is 5.32 Å². The van der Waals surface area contributed by atoms with E-state index in [4.69, 9.17) is 11.6 Å². The number of benzene rings is 1. The van der Waals surface area contributed by atoms with E-state index < -0.39 is 18.3 Å². The molecule has 1 amide bonds. The lowest BCUT2D eigenvalue weighted by molar-refractivity contribution is -0.163. The minimum absolute atomic E-state index is 0.0252. The van der Waals surface area contributed by atoms with Crippen molar-refractivity contribution < 1.29 is 22.4 Å². The van der Waals surface area contributed by atoms with Crippen molar-refractivity contribution >= 4 is 23.2 Å². The topological polar surface area (TPSA) is 29.1 Å². The first-order chi connectivity index (χ1) is 7.76. The molecule has 0 atom stereocenters. The first-order valence-corrected chi connectivity index (χ1v) is 4.87. The van der Waals surface area contributed by atoms with E-state index in [0.717, 1.165) is 0 Å². The molecular formula is C10H8ClF4NO. The summed E-state index contributed by atoms with van der Waals surface area (Å²) in [7, 11) is 0. The fourth-order valence-electron chi connectivity index (χ4n) is 1.05. The third-order valence-corrected chi connectivity index (χ3v) is 2.50. The van der Waals surface area contributed by atoms with Gasteiger partial charge in [0.1, 0.15) is 0 Å². The Labute approximate surface area is 99.6 Å². The van der Waals surface area contributed by atoms with Crippen molar-refractivity contribution in [1.82, 2.24) is 0 Å². The van der Waals surface area contributed by atoms with Gasteiger partial charge in [0.05, 0.1) is 0 Å². The van der Waals surface area contributed by atoms with Crippen LogP contribution in [-0.2, 0) is 4.79 Å². The molecule has 0 heterocycles. The van der Waals surface area contributed by atoms with Crippen molar-refractivity contribution in [3.05, 3.63) is 28.8 Å². The van der Waals surface area contributed by atoms with E-state index in [0.29, 0.717) is 5.56 Å². The van der Waals surface area contributed by atoms with Crippen molar-refractivity contribution in [2.24, 2.45) is 0 Å². The van der Waals surface area contributed by atoms with Crippen LogP contribution in [0.25, 0.3) is 0 Å². The van der Waals surface area contributed by atoms with Crippen LogP contribution in [0.5, 0.6) is 0 Å². The Hall–Kier alpha value is -1.30. The van der Waals surface area contributed by atoms with E-state index >= 15 is 0 Å². The summed E-state index contributed by atoms with van der Waals surface area (Å²) in [5.74, 6) is -6.78. The Morgan fingerprint density at radius 1 is 1.41 bits per heavy atom. The molecule has 7 heteroatoms. The molecule has 0 fully saturated rings. The van der Waals surface area contributed by atoms with Crippen LogP contribution in [-0.4, -0.2) is 18.3 Å². The Morgan fingerprint density at radius 3 is 2.53 bits per heavy atom. The standard InChI is InChI=1S/C10H8ClF4NO/c1-5-6(11)3-2-4-7(5)16-9(17)10(14,15)8(12)13/h2-4,8H,1H3,(H,16,17). The highest BCUT2D eigenvalue weighted by molar-refractivity contribution is 6.31. The van der Waals surface area contributed by atoms with Gasteiger partial charge < -0.3 is 5.32 Å². The molecule has 0 saturated carbocycles. The summed E-state index contributed by atoms with van der Waals surface area (Å²) < 4.78 is 49.1. The fraction of sp³-hybridized carbons (Fsp3) is 0.300. The average Bonchev–Trinajstić information content (AvgIpc) is 2.24. The lowest BCUT2D eigenvalue weighted by Crippen LogP contribution is -2.41. The number of nitrogens with one attached hydrogen (secondary N) is 1. The maximum Gasteiger partial charge on any atom is 0.383 e. The van der Waals surface area contributed by atoms with E-state index in [2.05, 4.69) is 0 Å². The highest BCUT2D eigenvalue weighted by atomic mass is 35.5. The van der Waals surface area contributed by atoms with Crippen molar-refractivity contribution in [2.75, 3.05) is 5.32 Å². The molecule has 17 heavy (non-hydrogen) atoms. The predicted molar refractivity (Wildman–Crippen MR) is 55.8 cm³/mol. The van der Waals surface area contributed by atoms with Gasteiger partial charge in [0, 0.05) is 10.7 Å². The lowest BCUT2D eigenvalue weighted by Gasteiger charge is -2.16. The lowest BCUT2D eigenvalue weighted by atomic mass is 10.2. The van der Waals surface area contributed by atoms with Gasteiger partial charge in [-0.1, -0.05) is 17.7 Å². The third-order valence-electron chi connectivity index (χ3n) is 2.09. The number of anilines is 1. The van der Waals surface area contributed by atoms with E-state index in [-0.39, 0.29) is 10.7 Å². The van der Waals surface area contributed by atoms with E-state index in [9.17, 15) is 22.4 Å². The van der Waals surface area contributed by atoms with Crippen LogP contribution in [0.3, 0.4) is 0 Å². The van der Waals surface area contributed by atoms with Gasteiger partial charge in [-0.3, -0.25) is 4.79 Å². The summed E-state index contributed by atoms with van der Waals surface area (Å²) in [6.07, 6.45) is -4.05.